The van der Waals surface area contributed by atoms with Crippen molar-refractivity contribution in [1.82, 2.24) is 15.1 Å². The van der Waals surface area contributed by atoms with E-state index < -0.39 is 17.7 Å². The van der Waals surface area contributed by atoms with Crippen molar-refractivity contribution < 1.29 is 23.9 Å². The van der Waals surface area contributed by atoms with Crippen molar-refractivity contribution in [3.63, 3.8) is 0 Å². The van der Waals surface area contributed by atoms with Gasteiger partial charge in [-0.25, -0.2) is 4.79 Å². The summed E-state index contributed by atoms with van der Waals surface area (Å²) in [6, 6.07) is 4.33. The van der Waals surface area contributed by atoms with E-state index in [0.717, 1.165) is 4.90 Å². The van der Waals surface area contributed by atoms with Gasteiger partial charge in [-0.05, 0) is 38.0 Å². The molecule has 1 saturated heterocycles. The lowest BCUT2D eigenvalue weighted by atomic mass is 10.1. The van der Waals surface area contributed by atoms with Crippen LogP contribution in [-0.4, -0.2) is 65.9 Å². The van der Waals surface area contributed by atoms with Crippen LogP contribution in [0.1, 0.15) is 40.5 Å². The number of nitrogens with zero attached hydrogens (tertiary/aromatic N) is 2. The van der Waals surface area contributed by atoms with Crippen LogP contribution in [0.2, 0.25) is 5.02 Å². The molecule has 0 saturated carbocycles. The minimum Gasteiger partial charge on any atom is -0.450 e. The summed E-state index contributed by atoms with van der Waals surface area (Å²) in [5.74, 6) is -1.44. The molecular formula is C18H20ClN3O5. The average Bonchev–Trinajstić information content (AvgIpc) is 2.87. The van der Waals surface area contributed by atoms with Crippen LogP contribution >= 0.6 is 11.6 Å². The standard InChI is InChI=1S/C18H20ClN3O5/c1-2-27-18(26)21-7-5-12(6-8-21)20-15(23)10-22-16(24)13-4-3-11(19)9-14(13)17(22)25/h3-4,9,12H,2,5-8,10H2,1H3,(H,20,23). The molecule has 144 valence electrons. The number of nitrogens with one attached hydrogen (secondary N) is 1. The van der Waals surface area contributed by atoms with Crippen molar-refractivity contribution in [2.75, 3.05) is 26.2 Å². The maximum Gasteiger partial charge on any atom is 0.409 e. The second-order valence-electron chi connectivity index (χ2n) is 6.41. The highest BCUT2D eigenvalue weighted by Crippen LogP contribution is 2.25. The third kappa shape index (κ3) is 4.05. The van der Waals surface area contributed by atoms with Crippen molar-refractivity contribution >= 4 is 35.4 Å². The number of hydrogen-bond donors (Lipinski definition) is 1. The minimum absolute atomic E-state index is 0.118. The van der Waals surface area contributed by atoms with Gasteiger partial charge < -0.3 is 15.0 Å². The van der Waals surface area contributed by atoms with E-state index >= 15 is 0 Å². The molecule has 2 aliphatic heterocycles. The zero-order chi connectivity index (χ0) is 19.6. The smallest absolute Gasteiger partial charge is 0.409 e. The van der Waals surface area contributed by atoms with Crippen molar-refractivity contribution in [2.45, 2.75) is 25.8 Å². The normalized spacial score (nSPS) is 17.1. The highest BCUT2D eigenvalue weighted by atomic mass is 35.5. The Hall–Kier alpha value is -2.61. The van der Waals surface area contributed by atoms with Gasteiger partial charge in [0.15, 0.2) is 0 Å². The van der Waals surface area contributed by atoms with Crippen LogP contribution in [-0.2, 0) is 9.53 Å². The number of carbonyl (C=O) groups is 4. The molecule has 0 bridgehead atoms. The SMILES string of the molecule is CCOC(=O)N1CCC(NC(=O)CN2C(=O)c3ccc(Cl)cc3C2=O)CC1. The van der Waals surface area contributed by atoms with E-state index in [1.807, 2.05) is 0 Å². The van der Waals surface area contributed by atoms with E-state index in [1.54, 1.807) is 11.8 Å². The van der Waals surface area contributed by atoms with E-state index in [4.69, 9.17) is 16.3 Å². The summed E-state index contributed by atoms with van der Waals surface area (Å²) in [4.78, 5) is 51.2. The monoisotopic (exact) mass is 393 g/mol. The fourth-order valence-electron chi connectivity index (χ4n) is 3.24. The third-order valence-electron chi connectivity index (χ3n) is 4.62. The van der Waals surface area contributed by atoms with Crippen molar-refractivity contribution in [3.8, 4) is 0 Å². The van der Waals surface area contributed by atoms with Gasteiger partial charge in [-0.1, -0.05) is 11.6 Å². The Morgan fingerprint density at radius 1 is 1.19 bits per heavy atom. The number of amides is 4. The molecule has 0 unspecified atom stereocenters. The van der Waals surface area contributed by atoms with E-state index in [1.165, 1.54) is 18.2 Å². The van der Waals surface area contributed by atoms with Gasteiger partial charge in [0.25, 0.3) is 11.8 Å². The van der Waals surface area contributed by atoms with Gasteiger partial charge in [0.05, 0.1) is 17.7 Å². The minimum atomic E-state index is -0.523. The molecule has 0 aromatic heterocycles. The van der Waals surface area contributed by atoms with Gasteiger partial charge in [0.2, 0.25) is 5.91 Å². The Bertz CT molecular complexity index is 789. The van der Waals surface area contributed by atoms with Crippen LogP contribution in [0.3, 0.4) is 0 Å². The third-order valence-corrected chi connectivity index (χ3v) is 4.86. The van der Waals surface area contributed by atoms with Gasteiger partial charge in [-0.15, -0.1) is 0 Å². The summed E-state index contributed by atoms with van der Waals surface area (Å²) in [6.07, 6.45) is 0.817. The molecule has 1 N–H and O–H groups in total. The summed E-state index contributed by atoms with van der Waals surface area (Å²) < 4.78 is 4.96. The molecule has 1 aromatic carbocycles. The fourth-order valence-corrected chi connectivity index (χ4v) is 3.42. The number of benzene rings is 1. The number of halogens is 1. The Labute approximate surface area is 161 Å². The maximum atomic E-state index is 12.4. The molecule has 3 rings (SSSR count). The van der Waals surface area contributed by atoms with Crippen molar-refractivity contribution in [1.29, 1.82) is 0 Å². The van der Waals surface area contributed by atoms with Crippen molar-refractivity contribution in [3.05, 3.63) is 34.3 Å². The number of hydrogen-bond acceptors (Lipinski definition) is 5. The predicted octanol–water partition coefficient (Wildman–Crippen LogP) is 1.67. The first-order valence-electron chi connectivity index (χ1n) is 8.77. The van der Waals surface area contributed by atoms with E-state index in [0.29, 0.717) is 37.6 Å². The lowest BCUT2D eigenvalue weighted by Gasteiger charge is -2.31. The first-order valence-corrected chi connectivity index (χ1v) is 9.15. The van der Waals surface area contributed by atoms with E-state index in [2.05, 4.69) is 5.32 Å². The van der Waals surface area contributed by atoms with Gasteiger partial charge >= 0.3 is 6.09 Å². The second-order valence-corrected chi connectivity index (χ2v) is 6.85. The summed E-state index contributed by atoms with van der Waals surface area (Å²) >= 11 is 5.87. The van der Waals surface area contributed by atoms with Crippen LogP contribution in [0.15, 0.2) is 18.2 Å². The number of likely N-dealkylation sites (tertiary alicyclic amines) is 1. The summed E-state index contributed by atoms with van der Waals surface area (Å²) in [5.41, 5.74) is 0.461. The Morgan fingerprint density at radius 3 is 2.52 bits per heavy atom. The van der Waals surface area contributed by atoms with Crippen LogP contribution < -0.4 is 5.32 Å². The maximum absolute atomic E-state index is 12.4. The average molecular weight is 394 g/mol. The molecule has 0 radical (unpaired) electrons. The molecule has 4 amide bonds. The molecule has 2 aliphatic rings. The molecular weight excluding hydrogens is 374 g/mol. The largest absolute Gasteiger partial charge is 0.450 e. The van der Waals surface area contributed by atoms with Gasteiger partial charge in [-0.2, -0.15) is 0 Å². The molecule has 1 fully saturated rings. The fraction of sp³-hybridized carbons (Fsp3) is 0.444. The number of fused-ring (bicyclic) bond motifs is 1. The summed E-state index contributed by atoms with van der Waals surface area (Å²) in [5, 5.41) is 3.18. The van der Waals surface area contributed by atoms with E-state index in [9.17, 15) is 19.2 Å². The van der Waals surface area contributed by atoms with E-state index in [-0.39, 0.29) is 29.8 Å². The van der Waals surface area contributed by atoms with Gasteiger partial charge in [-0.3, -0.25) is 19.3 Å². The molecule has 0 atom stereocenters. The quantitative estimate of drug-likeness (QED) is 0.785. The zero-order valence-electron chi connectivity index (χ0n) is 14.9. The Kier molecular flexibility index (Phi) is 5.65. The predicted molar refractivity (Wildman–Crippen MR) is 96.6 cm³/mol. The number of piperidine rings is 1. The molecule has 0 aliphatic carbocycles. The van der Waals surface area contributed by atoms with Crippen LogP contribution in [0, 0.1) is 0 Å². The zero-order valence-corrected chi connectivity index (χ0v) is 15.6. The number of carbonyl (C=O) groups excluding carboxylic acids is 4. The number of rotatable bonds is 4. The summed E-state index contributed by atoms with van der Waals surface area (Å²) in [6.45, 7) is 2.69. The lowest BCUT2D eigenvalue weighted by molar-refractivity contribution is -0.122. The second kappa shape index (κ2) is 7.96. The number of imide groups is 1. The van der Waals surface area contributed by atoms with Crippen LogP contribution in [0.4, 0.5) is 4.79 Å². The Morgan fingerprint density at radius 2 is 1.85 bits per heavy atom. The van der Waals surface area contributed by atoms with Crippen LogP contribution in [0.5, 0.6) is 0 Å². The molecule has 27 heavy (non-hydrogen) atoms. The molecule has 8 nitrogen and oxygen atoms in total. The van der Waals surface area contributed by atoms with Gasteiger partial charge in [0.1, 0.15) is 6.54 Å². The highest BCUT2D eigenvalue weighted by molar-refractivity contribution is 6.32. The highest BCUT2D eigenvalue weighted by Gasteiger charge is 2.37. The summed E-state index contributed by atoms with van der Waals surface area (Å²) in [7, 11) is 0. The molecule has 9 heteroatoms. The molecule has 0 spiro atoms. The molecule has 2 heterocycles. The molecule has 1 aromatic rings. The lowest BCUT2D eigenvalue weighted by Crippen LogP contribution is -2.49. The van der Waals surface area contributed by atoms with Crippen LogP contribution in [0.25, 0.3) is 0 Å². The first-order chi connectivity index (χ1) is 12.9. The van der Waals surface area contributed by atoms with Gasteiger partial charge in [0, 0.05) is 24.2 Å². The Balaban J connectivity index is 1.53. The first kappa shape index (κ1) is 19.2. The topological polar surface area (TPSA) is 96.0 Å². The number of ether oxygens (including phenoxy) is 1. The van der Waals surface area contributed by atoms with Crippen molar-refractivity contribution in [2.24, 2.45) is 0 Å².